The van der Waals surface area contributed by atoms with Crippen LogP contribution in [-0.2, 0) is 17.8 Å². The first-order chi connectivity index (χ1) is 11.5. The summed E-state index contributed by atoms with van der Waals surface area (Å²) in [4.78, 5) is 14.2. The third-order valence-corrected chi connectivity index (χ3v) is 4.45. The summed E-state index contributed by atoms with van der Waals surface area (Å²) in [6, 6.07) is 0. The number of halogens is 1. The monoisotopic (exact) mass is 480 g/mol. The largest absolute Gasteiger partial charge is 0.371 e. The number of hydrogen-bond donors (Lipinski definition) is 2. The molecule has 2 aromatic rings. The minimum atomic E-state index is -0.179. The number of nitrogens with one attached hydrogen (secondary N) is 2. The van der Waals surface area contributed by atoms with Crippen molar-refractivity contribution < 1.29 is 9.26 Å². The predicted octanol–water partition coefficient (Wildman–Crippen LogP) is 2.72. The van der Waals surface area contributed by atoms with E-state index in [0.717, 1.165) is 10.7 Å². The summed E-state index contributed by atoms with van der Waals surface area (Å²) in [5.74, 6) is 1.68. The highest BCUT2D eigenvalue weighted by molar-refractivity contribution is 14.0. The lowest BCUT2D eigenvalue weighted by atomic mass is 10.4. The van der Waals surface area contributed by atoms with E-state index in [-0.39, 0.29) is 30.1 Å². The van der Waals surface area contributed by atoms with Crippen LogP contribution in [0.5, 0.6) is 0 Å². The van der Waals surface area contributed by atoms with Gasteiger partial charge in [-0.1, -0.05) is 5.16 Å². The summed E-state index contributed by atoms with van der Waals surface area (Å²) in [6.45, 7) is 9.52. The first-order valence-electron chi connectivity index (χ1n) is 7.85. The highest BCUT2D eigenvalue weighted by Crippen LogP contribution is 2.16. The molecule has 8 nitrogen and oxygen atoms in total. The molecule has 0 spiro atoms. The summed E-state index contributed by atoms with van der Waals surface area (Å²) in [5, 5.41) is 11.3. The molecular formula is C15H25IN6O2S. The van der Waals surface area contributed by atoms with Crippen molar-refractivity contribution in [1.82, 2.24) is 25.8 Å². The SMILES string of the molecule is CCOC(C)c1noc(CNC(=NC)NCc2nc(C)c(C)s2)n1.I. The smallest absolute Gasteiger partial charge is 0.246 e. The molecule has 2 rings (SSSR count). The van der Waals surface area contributed by atoms with Crippen LogP contribution in [0.3, 0.4) is 0 Å². The van der Waals surface area contributed by atoms with Crippen molar-refractivity contribution in [2.24, 2.45) is 4.99 Å². The number of aliphatic imine (C=N–C) groups is 1. The van der Waals surface area contributed by atoms with Gasteiger partial charge >= 0.3 is 0 Å². The van der Waals surface area contributed by atoms with Crippen molar-refractivity contribution in [1.29, 1.82) is 0 Å². The topological polar surface area (TPSA) is 97.5 Å². The van der Waals surface area contributed by atoms with E-state index in [4.69, 9.17) is 9.26 Å². The van der Waals surface area contributed by atoms with Gasteiger partial charge in [0.1, 0.15) is 11.1 Å². The molecule has 0 aromatic carbocycles. The number of hydrogen-bond acceptors (Lipinski definition) is 7. The molecule has 0 aliphatic rings. The molecule has 1 unspecified atom stereocenters. The molecule has 0 fully saturated rings. The molecule has 0 amide bonds. The number of aromatic nitrogens is 3. The van der Waals surface area contributed by atoms with Crippen molar-refractivity contribution in [3.05, 3.63) is 27.3 Å². The highest BCUT2D eigenvalue weighted by atomic mass is 127. The number of nitrogens with zero attached hydrogens (tertiary/aromatic N) is 4. The van der Waals surface area contributed by atoms with Crippen LogP contribution in [0.2, 0.25) is 0 Å². The number of guanidine groups is 1. The van der Waals surface area contributed by atoms with Gasteiger partial charge in [-0.15, -0.1) is 35.3 Å². The lowest BCUT2D eigenvalue weighted by Gasteiger charge is -2.08. The third kappa shape index (κ3) is 6.51. The molecule has 140 valence electrons. The van der Waals surface area contributed by atoms with Crippen molar-refractivity contribution in [3.63, 3.8) is 0 Å². The average molecular weight is 480 g/mol. The fourth-order valence-corrected chi connectivity index (χ4v) is 2.86. The fourth-order valence-electron chi connectivity index (χ4n) is 1.98. The van der Waals surface area contributed by atoms with Gasteiger partial charge in [0, 0.05) is 18.5 Å². The summed E-state index contributed by atoms with van der Waals surface area (Å²) in [7, 11) is 1.71. The zero-order chi connectivity index (χ0) is 17.5. The van der Waals surface area contributed by atoms with Gasteiger partial charge in [-0.05, 0) is 27.7 Å². The van der Waals surface area contributed by atoms with Gasteiger partial charge in [0.25, 0.3) is 0 Å². The lowest BCUT2D eigenvalue weighted by molar-refractivity contribution is 0.0683. The Morgan fingerprint density at radius 1 is 1.28 bits per heavy atom. The molecular weight excluding hydrogens is 455 g/mol. The van der Waals surface area contributed by atoms with Crippen molar-refractivity contribution in [2.45, 2.75) is 46.9 Å². The maximum absolute atomic E-state index is 5.44. The highest BCUT2D eigenvalue weighted by Gasteiger charge is 2.14. The van der Waals surface area contributed by atoms with Crippen molar-refractivity contribution in [2.75, 3.05) is 13.7 Å². The Balaban J connectivity index is 0.00000312. The van der Waals surface area contributed by atoms with Crippen LogP contribution in [0.25, 0.3) is 0 Å². The van der Waals surface area contributed by atoms with Gasteiger partial charge in [0.15, 0.2) is 11.8 Å². The molecule has 25 heavy (non-hydrogen) atoms. The van der Waals surface area contributed by atoms with Gasteiger partial charge in [0.2, 0.25) is 5.89 Å². The molecule has 2 heterocycles. The van der Waals surface area contributed by atoms with E-state index >= 15 is 0 Å². The van der Waals surface area contributed by atoms with E-state index in [1.165, 1.54) is 4.88 Å². The molecule has 0 saturated carbocycles. The second-order valence-corrected chi connectivity index (χ2v) is 6.46. The quantitative estimate of drug-likeness (QED) is 0.357. The van der Waals surface area contributed by atoms with Gasteiger partial charge in [0.05, 0.1) is 18.8 Å². The fraction of sp³-hybridized carbons (Fsp3) is 0.600. The van der Waals surface area contributed by atoms with E-state index in [1.54, 1.807) is 18.4 Å². The Hall–Kier alpha value is -1.27. The summed E-state index contributed by atoms with van der Waals surface area (Å²) < 4.78 is 10.7. The van der Waals surface area contributed by atoms with Crippen LogP contribution in [0.4, 0.5) is 0 Å². The van der Waals surface area contributed by atoms with Gasteiger partial charge in [-0.25, -0.2) is 4.98 Å². The van der Waals surface area contributed by atoms with Crippen molar-refractivity contribution in [3.8, 4) is 0 Å². The normalized spacial score (nSPS) is 12.6. The average Bonchev–Trinajstić information content (AvgIpc) is 3.15. The Bertz CT molecular complexity index is 668. The van der Waals surface area contributed by atoms with Crippen LogP contribution in [0.15, 0.2) is 9.52 Å². The Morgan fingerprint density at radius 3 is 2.60 bits per heavy atom. The molecule has 0 radical (unpaired) electrons. The first-order valence-corrected chi connectivity index (χ1v) is 8.66. The van der Waals surface area contributed by atoms with Crippen LogP contribution in [-0.4, -0.2) is 34.7 Å². The zero-order valence-electron chi connectivity index (χ0n) is 15.1. The Kier molecular flexibility index (Phi) is 9.28. The molecule has 1 atom stereocenters. The third-order valence-electron chi connectivity index (χ3n) is 3.37. The number of ether oxygens (including phenoxy) is 1. The maximum atomic E-state index is 5.44. The minimum Gasteiger partial charge on any atom is -0.371 e. The Labute approximate surface area is 168 Å². The van der Waals surface area contributed by atoms with Crippen LogP contribution < -0.4 is 10.6 Å². The molecule has 2 aromatic heterocycles. The zero-order valence-corrected chi connectivity index (χ0v) is 18.3. The number of aryl methyl sites for hydroxylation is 2. The molecule has 2 N–H and O–H groups in total. The predicted molar refractivity (Wildman–Crippen MR) is 108 cm³/mol. The van der Waals surface area contributed by atoms with Gasteiger partial charge < -0.3 is 19.9 Å². The second kappa shape index (κ2) is 10.7. The summed E-state index contributed by atoms with van der Waals surface area (Å²) >= 11 is 1.68. The molecule has 0 aliphatic carbocycles. The van der Waals surface area contributed by atoms with E-state index in [0.29, 0.717) is 37.4 Å². The molecule has 0 bridgehead atoms. The van der Waals surface area contributed by atoms with E-state index in [2.05, 4.69) is 37.7 Å². The van der Waals surface area contributed by atoms with E-state index < -0.39 is 0 Å². The minimum absolute atomic E-state index is 0. The van der Waals surface area contributed by atoms with Crippen LogP contribution in [0, 0.1) is 13.8 Å². The summed E-state index contributed by atoms with van der Waals surface area (Å²) in [6.07, 6.45) is -0.179. The van der Waals surface area contributed by atoms with Crippen LogP contribution >= 0.6 is 35.3 Å². The second-order valence-electron chi connectivity index (χ2n) is 5.17. The number of thiazole rings is 1. The van der Waals surface area contributed by atoms with E-state index in [1.807, 2.05) is 20.8 Å². The first kappa shape index (κ1) is 21.8. The molecule has 10 heteroatoms. The standard InChI is InChI=1S/C15H24N6O2S.HI/c1-6-22-10(3)14-20-12(23-21-14)7-17-15(16-5)18-8-13-19-9(2)11(4)24-13;/h10H,6-8H2,1-5H3,(H2,16,17,18);1H. The van der Waals surface area contributed by atoms with E-state index in [9.17, 15) is 0 Å². The molecule has 0 saturated heterocycles. The van der Waals surface area contributed by atoms with Crippen LogP contribution in [0.1, 0.15) is 47.2 Å². The Morgan fingerprint density at radius 2 is 2.00 bits per heavy atom. The number of rotatable bonds is 7. The van der Waals surface area contributed by atoms with Gasteiger partial charge in [-0.3, -0.25) is 4.99 Å². The summed E-state index contributed by atoms with van der Waals surface area (Å²) in [5.41, 5.74) is 1.07. The molecule has 0 aliphatic heterocycles. The lowest BCUT2D eigenvalue weighted by Crippen LogP contribution is -2.36. The maximum Gasteiger partial charge on any atom is 0.246 e. The van der Waals surface area contributed by atoms with Crippen molar-refractivity contribution >= 4 is 41.3 Å². The van der Waals surface area contributed by atoms with Gasteiger partial charge in [-0.2, -0.15) is 4.98 Å².